The summed E-state index contributed by atoms with van der Waals surface area (Å²) in [5.74, 6) is -0.364. The van der Waals surface area contributed by atoms with Gasteiger partial charge >= 0.3 is 5.97 Å². The molecule has 0 amide bonds. The van der Waals surface area contributed by atoms with Gasteiger partial charge in [-0.1, -0.05) is 0 Å². The van der Waals surface area contributed by atoms with E-state index >= 15 is 0 Å². The van der Waals surface area contributed by atoms with Crippen LogP contribution < -0.4 is 10.6 Å². The van der Waals surface area contributed by atoms with E-state index in [2.05, 4.69) is 25.7 Å². The summed E-state index contributed by atoms with van der Waals surface area (Å²) < 4.78 is 5.00. The van der Waals surface area contributed by atoms with E-state index in [0.717, 1.165) is 12.2 Å². The molecule has 0 saturated carbocycles. The second-order valence-corrected chi connectivity index (χ2v) is 4.37. The van der Waals surface area contributed by atoms with Gasteiger partial charge in [0.2, 0.25) is 0 Å². The van der Waals surface area contributed by atoms with Gasteiger partial charge in [0.15, 0.2) is 0 Å². The Morgan fingerprint density at radius 1 is 1.39 bits per heavy atom. The number of carbonyl (C=O) groups is 1. The monoisotopic (exact) mass is 250 g/mol. The Balaban J connectivity index is 3.10. The smallest absolute Gasteiger partial charge is 0.340 e. The van der Waals surface area contributed by atoms with Crippen molar-refractivity contribution in [2.75, 3.05) is 23.8 Å². The normalized spacial score (nSPS) is 10.5. The molecular formula is C14H22N2O2. The lowest BCUT2D eigenvalue weighted by molar-refractivity contribution is 0.0527. The first kappa shape index (κ1) is 14.4. The van der Waals surface area contributed by atoms with Crippen LogP contribution in [0.15, 0.2) is 18.2 Å². The second-order valence-electron chi connectivity index (χ2n) is 4.37. The lowest BCUT2D eigenvalue weighted by Crippen LogP contribution is -2.30. The molecule has 0 fully saturated rings. The molecule has 2 N–H and O–H groups in total. The summed E-state index contributed by atoms with van der Waals surface area (Å²) >= 11 is 0. The Morgan fingerprint density at radius 2 is 2.06 bits per heavy atom. The molecule has 0 aliphatic carbocycles. The average molecular weight is 250 g/mol. The highest BCUT2D eigenvalue weighted by molar-refractivity contribution is 5.96. The molecule has 0 saturated heterocycles. The molecule has 0 aliphatic rings. The Kier molecular flexibility index (Phi) is 5.01. The molecule has 0 spiro atoms. The van der Waals surface area contributed by atoms with Crippen molar-refractivity contribution in [3.63, 3.8) is 0 Å². The zero-order valence-corrected chi connectivity index (χ0v) is 11.6. The first-order valence-corrected chi connectivity index (χ1v) is 6.34. The van der Waals surface area contributed by atoms with E-state index in [9.17, 15) is 4.79 Å². The van der Waals surface area contributed by atoms with Crippen molar-refractivity contribution in [2.24, 2.45) is 0 Å². The summed E-state index contributed by atoms with van der Waals surface area (Å²) in [6.07, 6.45) is 0. The standard InChI is InChI=1S/C14H22N2O2/c1-5-16(10(3)4)11-7-8-13(15)12(9-11)14(17)18-6-2/h7-10H,5-6,15H2,1-4H3. The summed E-state index contributed by atoms with van der Waals surface area (Å²) in [4.78, 5) is 14.0. The SMILES string of the molecule is CCOC(=O)c1cc(N(CC)C(C)C)ccc1N. The van der Waals surface area contributed by atoms with Crippen molar-refractivity contribution in [3.8, 4) is 0 Å². The number of nitrogen functional groups attached to an aromatic ring is 1. The van der Waals surface area contributed by atoms with Gasteiger partial charge in [-0.2, -0.15) is 0 Å². The minimum Gasteiger partial charge on any atom is -0.462 e. The molecule has 0 aliphatic heterocycles. The molecule has 4 heteroatoms. The lowest BCUT2D eigenvalue weighted by Gasteiger charge is -2.28. The van der Waals surface area contributed by atoms with Gasteiger partial charge in [-0.15, -0.1) is 0 Å². The van der Waals surface area contributed by atoms with Gasteiger partial charge in [0.1, 0.15) is 0 Å². The van der Waals surface area contributed by atoms with Gasteiger partial charge < -0.3 is 15.4 Å². The van der Waals surface area contributed by atoms with Gasteiger partial charge in [0, 0.05) is 24.0 Å². The summed E-state index contributed by atoms with van der Waals surface area (Å²) in [7, 11) is 0. The van der Waals surface area contributed by atoms with E-state index in [0.29, 0.717) is 23.9 Å². The van der Waals surface area contributed by atoms with Crippen LogP contribution in [0.3, 0.4) is 0 Å². The quantitative estimate of drug-likeness (QED) is 0.645. The highest BCUT2D eigenvalue weighted by Gasteiger charge is 2.15. The van der Waals surface area contributed by atoms with Crippen LogP contribution >= 0.6 is 0 Å². The zero-order valence-electron chi connectivity index (χ0n) is 11.6. The fourth-order valence-corrected chi connectivity index (χ4v) is 1.95. The van der Waals surface area contributed by atoms with E-state index in [1.54, 1.807) is 19.1 Å². The number of ether oxygens (including phenoxy) is 1. The molecule has 0 bridgehead atoms. The number of benzene rings is 1. The zero-order chi connectivity index (χ0) is 13.7. The molecule has 4 nitrogen and oxygen atoms in total. The third-order valence-electron chi connectivity index (χ3n) is 2.83. The molecule has 0 unspecified atom stereocenters. The van der Waals surface area contributed by atoms with Gasteiger partial charge in [-0.3, -0.25) is 0 Å². The van der Waals surface area contributed by atoms with Crippen LogP contribution in [0.1, 0.15) is 38.1 Å². The summed E-state index contributed by atoms with van der Waals surface area (Å²) in [6, 6.07) is 5.86. The predicted molar refractivity (Wildman–Crippen MR) is 75.0 cm³/mol. The van der Waals surface area contributed by atoms with Crippen LogP contribution in [0.5, 0.6) is 0 Å². The number of hydrogen-bond donors (Lipinski definition) is 1. The first-order valence-electron chi connectivity index (χ1n) is 6.34. The molecular weight excluding hydrogens is 228 g/mol. The Morgan fingerprint density at radius 3 is 2.56 bits per heavy atom. The number of esters is 1. The Hall–Kier alpha value is -1.71. The Labute approximate surface area is 109 Å². The maximum Gasteiger partial charge on any atom is 0.340 e. The molecule has 100 valence electrons. The van der Waals surface area contributed by atoms with Crippen LogP contribution in [0, 0.1) is 0 Å². The van der Waals surface area contributed by atoms with Gasteiger partial charge in [-0.25, -0.2) is 4.79 Å². The largest absolute Gasteiger partial charge is 0.462 e. The fourth-order valence-electron chi connectivity index (χ4n) is 1.95. The predicted octanol–water partition coefficient (Wildman–Crippen LogP) is 2.68. The number of rotatable bonds is 5. The third-order valence-corrected chi connectivity index (χ3v) is 2.83. The van der Waals surface area contributed by atoms with Crippen LogP contribution in [-0.2, 0) is 4.74 Å². The molecule has 0 atom stereocenters. The minimum atomic E-state index is -0.364. The van der Waals surface area contributed by atoms with Crippen LogP contribution in [0.25, 0.3) is 0 Å². The third kappa shape index (κ3) is 3.15. The molecule has 1 aromatic carbocycles. The van der Waals surface area contributed by atoms with Gasteiger partial charge in [-0.05, 0) is 45.9 Å². The van der Waals surface area contributed by atoms with Crippen molar-refractivity contribution in [1.29, 1.82) is 0 Å². The fraction of sp³-hybridized carbons (Fsp3) is 0.500. The van der Waals surface area contributed by atoms with E-state index in [4.69, 9.17) is 10.5 Å². The topological polar surface area (TPSA) is 55.6 Å². The molecule has 1 aromatic rings. The minimum absolute atomic E-state index is 0.351. The van der Waals surface area contributed by atoms with Crippen LogP contribution in [0.4, 0.5) is 11.4 Å². The Bertz CT molecular complexity index is 416. The maximum atomic E-state index is 11.8. The van der Waals surface area contributed by atoms with Crippen LogP contribution in [-0.4, -0.2) is 25.2 Å². The van der Waals surface area contributed by atoms with Crippen molar-refractivity contribution in [2.45, 2.75) is 33.7 Å². The van der Waals surface area contributed by atoms with Crippen LogP contribution in [0.2, 0.25) is 0 Å². The highest BCUT2D eigenvalue weighted by atomic mass is 16.5. The number of carbonyl (C=O) groups excluding carboxylic acids is 1. The number of nitrogens with zero attached hydrogens (tertiary/aromatic N) is 1. The van der Waals surface area contributed by atoms with Crippen molar-refractivity contribution >= 4 is 17.3 Å². The summed E-state index contributed by atoms with van der Waals surface area (Å²) in [5.41, 5.74) is 7.70. The molecule has 0 radical (unpaired) electrons. The highest BCUT2D eigenvalue weighted by Crippen LogP contribution is 2.23. The summed E-state index contributed by atoms with van der Waals surface area (Å²) in [6.45, 7) is 9.33. The molecule has 0 heterocycles. The van der Waals surface area contributed by atoms with E-state index in [-0.39, 0.29) is 5.97 Å². The van der Waals surface area contributed by atoms with Crippen molar-refractivity contribution < 1.29 is 9.53 Å². The molecule has 18 heavy (non-hydrogen) atoms. The van der Waals surface area contributed by atoms with Crippen molar-refractivity contribution in [3.05, 3.63) is 23.8 Å². The second kappa shape index (κ2) is 6.28. The van der Waals surface area contributed by atoms with E-state index in [1.807, 2.05) is 6.07 Å². The lowest BCUT2D eigenvalue weighted by atomic mass is 10.1. The number of hydrogen-bond acceptors (Lipinski definition) is 4. The van der Waals surface area contributed by atoms with Gasteiger partial charge in [0.25, 0.3) is 0 Å². The molecule has 1 rings (SSSR count). The van der Waals surface area contributed by atoms with E-state index < -0.39 is 0 Å². The first-order chi connectivity index (χ1) is 8.51. The maximum absolute atomic E-state index is 11.8. The van der Waals surface area contributed by atoms with E-state index in [1.165, 1.54) is 0 Å². The average Bonchev–Trinajstić information content (AvgIpc) is 2.31. The molecule has 0 aromatic heterocycles. The van der Waals surface area contributed by atoms with Gasteiger partial charge in [0.05, 0.1) is 12.2 Å². The summed E-state index contributed by atoms with van der Waals surface area (Å²) in [5, 5.41) is 0. The number of nitrogens with two attached hydrogens (primary N) is 1. The van der Waals surface area contributed by atoms with Crippen molar-refractivity contribution in [1.82, 2.24) is 0 Å². The number of anilines is 2.